The average Bonchev–Trinajstić information content (AvgIpc) is 2.66. The molecular weight excluding hydrogens is 336 g/mol. The third-order valence-corrected chi connectivity index (χ3v) is 4.26. The number of aromatic nitrogens is 2. The molecule has 136 valence electrons. The fourth-order valence-corrected chi connectivity index (χ4v) is 2.88. The topological polar surface area (TPSA) is 84.9 Å². The maximum atomic E-state index is 12.4. The van der Waals surface area contributed by atoms with Gasteiger partial charge in [-0.2, -0.15) is 4.98 Å². The first-order valence-electron chi connectivity index (χ1n) is 8.22. The standard InChI is InChI=1S/C18H20N4O4/c1-4-16(23)22-8-7-21(11-12(22)2)18(24)26-14-6-5-13-10-19-17(25-3)20-15(13)9-14/h4-6,9-10,12H,1,7-8,11H2,2-3H3/t12-/m1/s1. The van der Waals surface area contributed by atoms with Crippen molar-refractivity contribution in [3.8, 4) is 11.8 Å². The quantitative estimate of drug-likeness (QED) is 0.781. The van der Waals surface area contributed by atoms with Gasteiger partial charge in [-0.15, -0.1) is 0 Å². The highest BCUT2D eigenvalue weighted by atomic mass is 16.6. The summed E-state index contributed by atoms with van der Waals surface area (Å²) in [5, 5.41) is 0.816. The number of benzene rings is 1. The summed E-state index contributed by atoms with van der Waals surface area (Å²) < 4.78 is 10.5. The lowest BCUT2D eigenvalue weighted by Gasteiger charge is -2.38. The van der Waals surface area contributed by atoms with Crippen molar-refractivity contribution < 1.29 is 19.1 Å². The molecule has 8 heteroatoms. The molecule has 0 radical (unpaired) electrons. The second-order valence-corrected chi connectivity index (χ2v) is 5.98. The summed E-state index contributed by atoms with van der Waals surface area (Å²) in [7, 11) is 1.49. The molecule has 0 unspecified atom stereocenters. The molecule has 1 fully saturated rings. The van der Waals surface area contributed by atoms with Crippen molar-refractivity contribution in [2.75, 3.05) is 26.7 Å². The van der Waals surface area contributed by atoms with Gasteiger partial charge < -0.3 is 19.3 Å². The van der Waals surface area contributed by atoms with Crippen LogP contribution >= 0.6 is 0 Å². The molecule has 0 bridgehead atoms. The number of hydrogen-bond donors (Lipinski definition) is 0. The highest BCUT2D eigenvalue weighted by Gasteiger charge is 2.29. The van der Waals surface area contributed by atoms with E-state index in [9.17, 15) is 9.59 Å². The molecule has 0 N–H and O–H groups in total. The number of nitrogens with zero attached hydrogens (tertiary/aromatic N) is 4. The van der Waals surface area contributed by atoms with Gasteiger partial charge in [-0.05, 0) is 25.1 Å². The van der Waals surface area contributed by atoms with Crippen LogP contribution in [0, 0.1) is 0 Å². The van der Waals surface area contributed by atoms with Gasteiger partial charge in [0.15, 0.2) is 0 Å². The van der Waals surface area contributed by atoms with Gasteiger partial charge in [0.1, 0.15) is 5.75 Å². The van der Waals surface area contributed by atoms with Gasteiger partial charge in [-0.3, -0.25) is 4.79 Å². The molecule has 0 spiro atoms. The molecule has 0 saturated carbocycles. The Balaban J connectivity index is 1.69. The summed E-state index contributed by atoms with van der Waals surface area (Å²) in [6, 6.07) is 5.28. The van der Waals surface area contributed by atoms with Crippen LogP contribution in [0.15, 0.2) is 37.1 Å². The van der Waals surface area contributed by atoms with Gasteiger partial charge in [-0.1, -0.05) is 6.58 Å². The highest BCUT2D eigenvalue weighted by molar-refractivity contribution is 5.87. The molecule has 2 aromatic rings. The third-order valence-electron chi connectivity index (χ3n) is 4.26. The SMILES string of the molecule is C=CC(=O)N1CCN(C(=O)Oc2ccc3cnc(OC)nc3c2)C[C@H]1C. The monoisotopic (exact) mass is 356 g/mol. The molecular formula is C18H20N4O4. The Kier molecular flexibility index (Phi) is 5.01. The summed E-state index contributed by atoms with van der Waals surface area (Å²) in [4.78, 5) is 35.8. The molecule has 1 atom stereocenters. The average molecular weight is 356 g/mol. The number of carbonyl (C=O) groups is 2. The molecule has 1 aromatic heterocycles. The number of methoxy groups -OCH3 is 1. The van der Waals surface area contributed by atoms with Crippen LogP contribution in [0.4, 0.5) is 4.79 Å². The summed E-state index contributed by atoms with van der Waals surface area (Å²) >= 11 is 0. The van der Waals surface area contributed by atoms with Crippen LogP contribution in [0.1, 0.15) is 6.92 Å². The molecule has 3 rings (SSSR count). The third kappa shape index (κ3) is 3.58. The van der Waals surface area contributed by atoms with Gasteiger partial charge >= 0.3 is 12.1 Å². The lowest BCUT2D eigenvalue weighted by atomic mass is 10.2. The summed E-state index contributed by atoms with van der Waals surface area (Å²) in [6.45, 7) is 6.65. The highest BCUT2D eigenvalue weighted by Crippen LogP contribution is 2.21. The summed E-state index contributed by atoms with van der Waals surface area (Å²) in [5.74, 6) is 0.259. The van der Waals surface area contributed by atoms with Crippen LogP contribution in [0.2, 0.25) is 0 Å². The van der Waals surface area contributed by atoms with Crippen molar-refractivity contribution in [3.05, 3.63) is 37.1 Å². The first-order chi connectivity index (χ1) is 12.5. The van der Waals surface area contributed by atoms with Crippen LogP contribution in [0.25, 0.3) is 10.9 Å². The van der Waals surface area contributed by atoms with E-state index < -0.39 is 6.09 Å². The van der Waals surface area contributed by atoms with E-state index in [4.69, 9.17) is 9.47 Å². The Morgan fingerprint density at radius 1 is 1.35 bits per heavy atom. The minimum atomic E-state index is -0.456. The van der Waals surface area contributed by atoms with Gasteiger partial charge in [0.2, 0.25) is 5.91 Å². The van der Waals surface area contributed by atoms with Crippen LogP contribution < -0.4 is 9.47 Å². The van der Waals surface area contributed by atoms with Crippen molar-refractivity contribution >= 4 is 22.9 Å². The fraction of sp³-hybridized carbons (Fsp3) is 0.333. The minimum Gasteiger partial charge on any atom is -0.467 e. The molecule has 2 heterocycles. The van der Waals surface area contributed by atoms with E-state index in [1.807, 2.05) is 6.92 Å². The summed E-state index contributed by atoms with van der Waals surface area (Å²) in [6.07, 6.45) is 2.47. The zero-order chi connectivity index (χ0) is 18.7. The van der Waals surface area contributed by atoms with E-state index in [1.54, 1.807) is 34.2 Å². The van der Waals surface area contributed by atoms with E-state index in [0.29, 0.717) is 30.9 Å². The Morgan fingerprint density at radius 3 is 2.85 bits per heavy atom. The first-order valence-corrected chi connectivity index (χ1v) is 8.22. The zero-order valence-electron chi connectivity index (χ0n) is 14.7. The molecule has 26 heavy (non-hydrogen) atoms. The zero-order valence-corrected chi connectivity index (χ0v) is 14.7. The predicted octanol–water partition coefficient (Wildman–Crippen LogP) is 1.86. The molecule has 2 amide bonds. The maximum Gasteiger partial charge on any atom is 0.415 e. The van der Waals surface area contributed by atoms with Crippen molar-refractivity contribution in [2.24, 2.45) is 0 Å². The second kappa shape index (κ2) is 7.38. The maximum absolute atomic E-state index is 12.4. The van der Waals surface area contributed by atoms with Crippen molar-refractivity contribution in [1.82, 2.24) is 19.8 Å². The van der Waals surface area contributed by atoms with Gasteiger partial charge in [-0.25, -0.2) is 9.78 Å². The second-order valence-electron chi connectivity index (χ2n) is 5.98. The molecule has 1 aliphatic rings. The van der Waals surface area contributed by atoms with Crippen molar-refractivity contribution in [1.29, 1.82) is 0 Å². The Labute approximate surface area is 151 Å². The first kappa shape index (κ1) is 17.7. The van der Waals surface area contributed by atoms with Crippen molar-refractivity contribution in [2.45, 2.75) is 13.0 Å². The lowest BCUT2D eigenvalue weighted by Crippen LogP contribution is -2.55. The lowest BCUT2D eigenvalue weighted by molar-refractivity contribution is -0.129. The normalized spacial score (nSPS) is 17.1. The fourth-order valence-electron chi connectivity index (χ4n) is 2.88. The van der Waals surface area contributed by atoms with Crippen LogP contribution in [-0.2, 0) is 4.79 Å². The van der Waals surface area contributed by atoms with E-state index in [1.165, 1.54) is 13.2 Å². The number of rotatable bonds is 3. The van der Waals surface area contributed by atoms with Gasteiger partial charge in [0.25, 0.3) is 0 Å². The molecule has 0 aliphatic carbocycles. The smallest absolute Gasteiger partial charge is 0.415 e. The number of hydrogen-bond acceptors (Lipinski definition) is 6. The van der Waals surface area contributed by atoms with Gasteiger partial charge in [0, 0.05) is 43.3 Å². The van der Waals surface area contributed by atoms with E-state index in [-0.39, 0.29) is 18.0 Å². The number of carbonyl (C=O) groups excluding carboxylic acids is 2. The van der Waals surface area contributed by atoms with Gasteiger partial charge in [0.05, 0.1) is 12.6 Å². The van der Waals surface area contributed by atoms with Crippen LogP contribution in [0.3, 0.4) is 0 Å². The summed E-state index contributed by atoms with van der Waals surface area (Å²) in [5.41, 5.74) is 0.622. The molecule has 1 saturated heterocycles. The number of piperazine rings is 1. The van der Waals surface area contributed by atoms with Crippen molar-refractivity contribution in [3.63, 3.8) is 0 Å². The number of fused-ring (bicyclic) bond motifs is 1. The minimum absolute atomic E-state index is 0.101. The molecule has 8 nitrogen and oxygen atoms in total. The number of amides is 2. The Bertz CT molecular complexity index is 854. The van der Waals surface area contributed by atoms with Crippen LogP contribution in [-0.4, -0.2) is 64.6 Å². The largest absolute Gasteiger partial charge is 0.467 e. The number of ether oxygens (including phenoxy) is 2. The molecule has 1 aliphatic heterocycles. The Morgan fingerprint density at radius 2 is 2.15 bits per heavy atom. The Hall–Kier alpha value is -3.16. The van der Waals surface area contributed by atoms with Crippen LogP contribution in [0.5, 0.6) is 11.8 Å². The predicted molar refractivity (Wildman–Crippen MR) is 95.1 cm³/mol. The van der Waals surface area contributed by atoms with E-state index in [0.717, 1.165) is 5.39 Å². The van der Waals surface area contributed by atoms with E-state index >= 15 is 0 Å². The van der Waals surface area contributed by atoms with E-state index in [2.05, 4.69) is 16.5 Å². The molecule has 1 aromatic carbocycles.